The van der Waals surface area contributed by atoms with Crippen molar-refractivity contribution in [3.05, 3.63) is 47.8 Å². The molecule has 2 rings (SSSR count). The summed E-state index contributed by atoms with van der Waals surface area (Å²) in [5.41, 5.74) is -0.890. The molecule has 1 amide bonds. The van der Waals surface area contributed by atoms with Gasteiger partial charge in [-0.1, -0.05) is 24.3 Å². The summed E-state index contributed by atoms with van der Waals surface area (Å²) in [6, 6.07) is 4.12. The van der Waals surface area contributed by atoms with E-state index in [1.165, 1.54) is 12.1 Å². The van der Waals surface area contributed by atoms with Crippen LogP contribution in [-0.4, -0.2) is 11.9 Å². The summed E-state index contributed by atoms with van der Waals surface area (Å²) in [5.74, 6) is -6.38. The standard InChI is InChI=1S/C14H14F3NO/c15-12-9-5-4-8-11(12)14(16,17)13(19)18-10-6-2-1-3-7-10/h1-2,4-5,8-10H,3,6-7H2,(H,18,19)/t10-/m0/s1. The first kappa shape index (κ1) is 13.6. The van der Waals surface area contributed by atoms with Crippen molar-refractivity contribution in [3.63, 3.8) is 0 Å². The molecule has 2 nitrogen and oxygen atoms in total. The van der Waals surface area contributed by atoms with Crippen LogP contribution in [0.2, 0.25) is 0 Å². The first-order valence-electron chi connectivity index (χ1n) is 6.10. The molecular weight excluding hydrogens is 255 g/mol. The molecule has 0 aromatic heterocycles. The number of alkyl halides is 2. The molecule has 1 aromatic carbocycles. The van der Waals surface area contributed by atoms with Crippen LogP contribution in [-0.2, 0) is 10.7 Å². The Labute approximate surface area is 109 Å². The summed E-state index contributed by atoms with van der Waals surface area (Å²) < 4.78 is 41.1. The van der Waals surface area contributed by atoms with Crippen LogP contribution in [0.5, 0.6) is 0 Å². The Morgan fingerprint density at radius 2 is 2.00 bits per heavy atom. The van der Waals surface area contributed by atoms with E-state index in [1.807, 2.05) is 12.2 Å². The second-order valence-corrected chi connectivity index (χ2v) is 4.51. The lowest BCUT2D eigenvalue weighted by Gasteiger charge is -2.23. The molecule has 1 atom stereocenters. The van der Waals surface area contributed by atoms with Gasteiger partial charge in [0.15, 0.2) is 0 Å². The summed E-state index contributed by atoms with van der Waals surface area (Å²) >= 11 is 0. The van der Waals surface area contributed by atoms with Gasteiger partial charge in [-0.2, -0.15) is 8.78 Å². The van der Waals surface area contributed by atoms with Crippen molar-refractivity contribution in [1.29, 1.82) is 0 Å². The number of rotatable bonds is 3. The largest absolute Gasteiger partial charge is 0.352 e. The molecule has 1 aromatic rings. The Balaban J connectivity index is 2.12. The number of carbonyl (C=O) groups is 1. The van der Waals surface area contributed by atoms with Crippen LogP contribution in [0.25, 0.3) is 0 Å². The quantitative estimate of drug-likeness (QED) is 0.839. The molecule has 0 unspecified atom stereocenters. The van der Waals surface area contributed by atoms with Gasteiger partial charge in [0.1, 0.15) is 5.82 Å². The highest BCUT2D eigenvalue weighted by atomic mass is 19.3. The second kappa shape index (κ2) is 5.47. The summed E-state index contributed by atoms with van der Waals surface area (Å²) in [4.78, 5) is 11.6. The molecule has 0 heterocycles. The van der Waals surface area contributed by atoms with Crippen LogP contribution >= 0.6 is 0 Å². The van der Waals surface area contributed by atoms with E-state index in [4.69, 9.17) is 0 Å². The highest BCUT2D eigenvalue weighted by Gasteiger charge is 2.43. The fraction of sp³-hybridized carbons (Fsp3) is 0.357. The van der Waals surface area contributed by atoms with Gasteiger partial charge in [-0.3, -0.25) is 4.79 Å². The lowest BCUT2D eigenvalue weighted by molar-refractivity contribution is -0.148. The summed E-state index contributed by atoms with van der Waals surface area (Å²) in [7, 11) is 0. The van der Waals surface area contributed by atoms with Crippen LogP contribution in [0.15, 0.2) is 36.4 Å². The van der Waals surface area contributed by atoms with Gasteiger partial charge < -0.3 is 5.32 Å². The molecular formula is C14H14F3NO. The van der Waals surface area contributed by atoms with Crippen LogP contribution in [0.4, 0.5) is 13.2 Å². The van der Waals surface area contributed by atoms with Crippen LogP contribution < -0.4 is 5.32 Å². The van der Waals surface area contributed by atoms with E-state index in [0.29, 0.717) is 12.8 Å². The molecule has 0 saturated heterocycles. The molecule has 5 heteroatoms. The average Bonchev–Trinajstić information content (AvgIpc) is 2.40. The third-order valence-corrected chi connectivity index (χ3v) is 3.10. The maximum atomic E-state index is 13.9. The normalized spacial score (nSPS) is 19.2. The molecule has 1 aliphatic rings. The molecule has 0 fully saturated rings. The van der Waals surface area contributed by atoms with E-state index >= 15 is 0 Å². The Bertz CT molecular complexity index is 499. The fourth-order valence-electron chi connectivity index (χ4n) is 2.04. The highest BCUT2D eigenvalue weighted by Crippen LogP contribution is 2.30. The minimum absolute atomic E-state index is 0.310. The van der Waals surface area contributed by atoms with Crippen LogP contribution in [0.3, 0.4) is 0 Å². The zero-order valence-corrected chi connectivity index (χ0v) is 10.2. The number of carbonyl (C=O) groups excluding carboxylic acids is 1. The molecule has 0 aliphatic heterocycles. The van der Waals surface area contributed by atoms with E-state index in [1.54, 1.807) is 0 Å². The van der Waals surface area contributed by atoms with Crippen molar-refractivity contribution in [2.75, 3.05) is 0 Å². The Hall–Kier alpha value is -1.78. The molecule has 0 bridgehead atoms. The van der Waals surface area contributed by atoms with Gasteiger partial charge >= 0.3 is 5.92 Å². The zero-order valence-electron chi connectivity index (χ0n) is 10.2. The average molecular weight is 269 g/mol. The number of amides is 1. The number of halogens is 3. The van der Waals surface area contributed by atoms with E-state index in [9.17, 15) is 18.0 Å². The third kappa shape index (κ3) is 2.97. The van der Waals surface area contributed by atoms with Gasteiger partial charge in [0, 0.05) is 6.04 Å². The van der Waals surface area contributed by atoms with E-state index in [0.717, 1.165) is 18.6 Å². The van der Waals surface area contributed by atoms with Gasteiger partial charge in [-0.25, -0.2) is 4.39 Å². The van der Waals surface area contributed by atoms with E-state index < -0.39 is 23.2 Å². The number of nitrogens with one attached hydrogen (secondary N) is 1. The molecule has 1 N–H and O–H groups in total. The molecule has 19 heavy (non-hydrogen) atoms. The Kier molecular flexibility index (Phi) is 3.93. The van der Waals surface area contributed by atoms with Gasteiger partial charge in [0.2, 0.25) is 0 Å². The minimum Gasteiger partial charge on any atom is -0.347 e. The lowest BCUT2D eigenvalue weighted by Crippen LogP contribution is -2.44. The summed E-state index contributed by atoms with van der Waals surface area (Å²) in [5, 5.41) is 2.28. The van der Waals surface area contributed by atoms with E-state index in [2.05, 4.69) is 5.32 Å². The van der Waals surface area contributed by atoms with Crippen molar-refractivity contribution in [2.45, 2.75) is 31.2 Å². The van der Waals surface area contributed by atoms with Gasteiger partial charge in [-0.15, -0.1) is 0 Å². The molecule has 102 valence electrons. The number of hydrogen-bond acceptors (Lipinski definition) is 1. The van der Waals surface area contributed by atoms with Crippen molar-refractivity contribution in [3.8, 4) is 0 Å². The first-order chi connectivity index (χ1) is 9.01. The monoisotopic (exact) mass is 269 g/mol. The van der Waals surface area contributed by atoms with Gasteiger partial charge in [0.25, 0.3) is 5.91 Å². The highest BCUT2D eigenvalue weighted by molar-refractivity contribution is 5.85. The van der Waals surface area contributed by atoms with Gasteiger partial charge in [-0.05, 0) is 31.4 Å². The molecule has 0 saturated carbocycles. The fourth-order valence-corrected chi connectivity index (χ4v) is 2.04. The Morgan fingerprint density at radius 1 is 1.26 bits per heavy atom. The molecule has 0 spiro atoms. The maximum absolute atomic E-state index is 13.9. The second-order valence-electron chi connectivity index (χ2n) is 4.51. The van der Waals surface area contributed by atoms with Gasteiger partial charge in [0.05, 0.1) is 5.56 Å². The minimum atomic E-state index is -3.85. The maximum Gasteiger partial charge on any atom is 0.352 e. The summed E-state index contributed by atoms with van der Waals surface area (Å²) in [6.07, 6.45) is 5.68. The van der Waals surface area contributed by atoms with Crippen molar-refractivity contribution < 1.29 is 18.0 Å². The van der Waals surface area contributed by atoms with Crippen molar-refractivity contribution in [1.82, 2.24) is 5.32 Å². The number of hydrogen-bond donors (Lipinski definition) is 1. The predicted octanol–water partition coefficient (Wildman–Crippen LogP) is 3.14. The predicted molar refractivity (Wildman–Crippen MR) is 65.2 cm³/mol. The Morgan fingerprint density at radius 3 is 2.63 bits per heavy atom. The van der Waals surface area contributed by atoms with Crippen LogP contribution in [0, 0.1) is 5.82 Å². The first-order valence-corrected chi connectivity index (χ1v) is 6.10. The summed E-state index contributed by atoms with van der Waals surface area (Å²) in [6.45, 7) is 0. The molecule has 1 aliphatic carbocycles. The SMILES string of the molecule is O=C(N[C@H]1CC=CCC1)C(F)(F)c1ccccc1F. The van der Waals surface area contributed by atoms with Crippen LogP contribution in [0.1, 0.15) is 24.8 Å². The topological polar surface area (TPSA) is 29.1 Å². The smallest absolute Gasteiger partial charge is 0.347 e. The number of benzene rings is 1. The zero-order chi connectivity index (χ0) is 13.9. The molecule has 0 radical (unpaired) electrons. The van der Waals surface area contributed by atoms with E-state index in [-0.39, 0.29) is 6.04 Å². The third-order valence-electron chi connectivity index (χ3n) is 3.10. The number of allylic oxidation sites excluding steroid dienone is 1. The van der Waals surface area contributed by atoms with Crippen molar-refractivity contribution in [2.24, 2.45) is 0 Å². The lowest BCUT2D eigenvalue weighted by atomic mass is 10.0. The van der Waals surface area contributed by atoms with Crippen molar-refractivity contribution >= 4 is 5.91 Å².